The largest absolute Gasteiger partial charge is 0.453 e. The summed E-state index contributed by atoms with van der Waals surface area (Å²) in [5, 5.41) is 5.81. The van der Waals surface area contributed by atoms with Crippen LogP contribution in [0.4, 0.5) is 9.59 Å². The summed E-state index contributed by atoms with van der Waals surface area (Å²) in [4.78, 5) is 77.0. The number of fused-ring (bicyclic) bond motifs is 3. The van der Waals surface area contributed by atoms with Crippen molar-refractivity contribution in [1.82, 2.24) is 45.3 Å². The van der Waals surface area contributed by atoms with Gasteiger partial charge in [0.05, 0.1) is 50.1 Å². The molecule has 0 spiro atoms. The van der Waals surface area contributed by atoms with Gasteiger partial charge in [-0.1, -0.05) is 74.9 Å². The van der Waals surface area contributed by atoms with Crippen molar-refractivity contribution >= 4 is 24.0 Å². The molecule has 7 aliphatic rings. The quantitative estimate of drug-likeness (QED) is 0.114. The maximum Gasteiger partial charge on any atom is 0.407 e. The Kier molecular flexibility index (Phi) is 11.6. The molecule has 7 heterocycles. The van der Waals surface area contributed by atoms with E-state index in [1.807, 2.05) is 22.2 Å². The predicted molar refractivity (Wildman–Crippen MR) is 251 cm³/mol. The number of carbonyl (C=O) groups excluding carboxylic acids is 4. The zero-order valence-corrected chi connectivity index (χ0v) is 39.2. The van der Waals surface area contributed by atoms with Gasteiger partial charge in [-0.3, -0.25) is 14.5 Å². The molecule has 0 bridgehead atoms. The number of alkyl carbamates (subject to hydrolysis) is 2. The zero-order chi connectivity index (χ0) is 46.0. The van der Waals surface area contributed by atoms with Gasteiger partial charge in [-0.2, -0.15) is 0 Å². The molecule has 11 rings (SSSR count). The highest BCUT2D eigenvalue weighted by molar-refractivity contribution is 5.88. The molecule has 2 aromatic carbocycles. The lowest BCUT2D eigenvalue weighted by Crippen LogP contribution is -2.66. The van der Waals surface area contributed by atoms with Crippen LogP contribution in [0.2, 0.25) is 0 Å². The van der Waals surface area contributed by atoms with Crippen molar-refractivity contribution in [2.24, 2.45) is 11.8 Å². The predicted octanol–water partition coefficient (Wildman–Crippen LogP) is 9.03. The Bertz CT molecular complexity index is 2520. The molecule has 3 unspecified atom stereocenters. The molecule has 4 saturated heterocycles. The van der Waals surface area contributed by atoms with Gasteiger partial charge in [-0.05, 0) is 111 Å². The first-order valence-electron chi connectivity index (χ1n) is 25.1. The van der Waals surface area contributed by atoms with Crippen molar-refractivity contribution in [2.75, 3.05) is 27.3 Å². The highest BCUT2D eigenvalue weighted by atomic mass is 16.5. The minimum atomic E-state index is -0.606. The summed E-state index contributed by atoms with van der Waals surface area (Å²) in [5.74, 6) is 1.67. The summed E-state index contributed by atoms with van der Waals surface area (Å²) >= 11 is 0. The minimum Gasteiger partial charge on any atom is -0.453 e. The summed E-state index contributed by atoms with van der Waals surface area (Å²) < 4.78 is 9.91. The molecule has 15 nitrogen and oxygen atoms in total. The second-order valence-corrected chi connectivity index (χ2v) is 20.7. The third kappa shape index (κ3) is 7.69. The number of likely N-dealkylation sites (tertiary alicyclic amines) is 2. The average Bonchev–Trinajstić information content (AvgIpc) is 4.22. The Morgan fingerprint density at radius 3 is 1.57 bits per heavy atom. The van der Waals surface area contributed by atoms with Gasteiger partial charge in [0.25, 0.3) is 0 Å². The summed E-state index contributed by atoms with van der Waals surface area (Å²) in [7, 11) is 2.69. The number of nitrogens with zero attached hydrogens (tertiary/aromatic N) is 5. The molecule has 4 N–H and O–H groups in total. The lowest BCUT2D eigenvalue weighted by atomic mass is 9.68. The van der Waals surface area contributed by atoms with Gasteiger partial charge in [0, 0.05) is 36.3 Å². The Hall–Kier alpha value is -5.70. The summed E-state index contributed by atoms with van der Waals surface area (Å²) in [6, 6.07) is 12.4. The molecular formula is C52H65N9O6. The smallest absolute Gasteiger partial charge is 0.407 e. The number of amides is 4. The van der Waals surface area contributed by atoms with Crippen molar-refractivity contribution < 1.29 is 28.7 Å². The van der Waals surface area contributed by atoms with E-state index in [2.05, 4.69) is 68.8 Å². The monoisotopic (exact) mass is 912 g/mol. The first kappa shape index (κ1) is 43.8. The van der Waals surface area contributed by atoms with Crippen LogP contribution in [-0.4, -0.2) is 104 Å². The topological polar surface area (TPSA) is 178 Å². The van der Waals surface area contributed by atoms with Crippen molar-refractivity contribution in [3.05, 3.63) is 71.6 Å². The van der Waals surface area contributed by atoms with E-state index < -0.39 is 24.3 Å². The van der Waals surface area contributed by atoms with Crippen LogP contribution in [0.3, 0.4) is 0 Å². The molecule has 5 aliphatic heterocycles. The molecule has 2 saturated carbocycles. The van der Waals surface area contributed by atoms with E-state index in [1.165, 1.54) is 42.0 Å². The molecule has 4 amide bonds. The van der Waals surface area contributed by atoms with Crippen LogP contribution in [0.25, 0.3) is 33.6 Å². The van der Waals surface area contributed by atoms with Crippen LogP contribution in [0.1, 0.15) is 157 Å². The lowest BCUT2D eigenvalue weighted by Gasteiger charge is -2.65. The third-order valence-corrected chi connectivity index (χ3v) is 16.9. The van der Waals surface area contributed by atoms with E-state index in [1.54, 1.807) is 0 Å². The number of methoxy groups -OCH3 is 2. The van der Waals surface area contributed by atoms with Crippen molar-refractivity contribution in [3.63, 3.8) is 0 Å². The molecule has 0 radical (unpaired) electrons. The Morgan fingerprint density at radius 1 is 0.597 bits per heavy atom. The number of hydrogen-bond acceptors (Lipinski definition) is 9. The van der Waals surface area contributed by atoms with Gasteiger partial charge < -0.3 is 39.9 Å². The fourth-order valence-corrected chi connectivity index (χ4v) is 13.6. The minimum absolute atomic E-state index is 0.0401. The first-order chi connectivity index (χ1) is 32.6. The SMILES string of the molecule is COC(=O)N[C@H](C(=O)N1CCC[C@@H]1c1ncc(-c2ccc(-c3ccc(-c4cnc([C@@H]5CCCN5C(=O)[C@@H](NC(=O)OC)C5CCCCC5)[nH]4)c4c3C3CC5(C)CC4N35)cc2)[nH]1)C1CCCCC1. The van der Waals surface area contributed by atoms with E-state index >= 15 is 0 Å². The van der Waals surface area contributed by atoms with Gasteiger partial charge in [-0.25, -0.2) is 19.6 Å². The molecule has 2 aliphatic carbocycles. The number of nitrogens with one attached hydrogen (secondary N) is 4. The third-order valence-electron chi connectivity index (χ3n) is 16.9. The van der Waals surface area contributed by atoms with E-state index in [9.17, 15) is 19.2 Å². The first-order valence-corrected chi connectivity index (χ1v) is 25.1. The summed E-state index contributed by atoms with van der Waals surface area (Å²) in [5.41, 5.74) is 9.52. The molecule has 2 aromatic heterocycles. The van der Waals surface area contributed by atoms with Crippen LogP contribution in [0, 0.1) is 11.8 Å². The zero-order valence-electron chi connectivity index (χ0n) is 39.2. The Balaban J connectivity index is 0.833. The van der Waals surface area contributed by atoms with Gasteiger partial charge in [-0.15, -0.1) is 0 Å². The van der Waals surface area contributed by atoms with E-state index in [-0.39, 0.29) is 41.3 Å². The number of carbonyl (C=O) groups is 4. The molecule has 15 heteroatoms. The van der Waals surface area contributed by atoms with Crippen molar-refractivity contribution in [2.45, 2.75) is 151 Å². The Labute approximate surface area is 392 Å². The normalized spacial score (nSPS) is 26.8. The highest BCUT2D eigenvalue weighted by Gasteiger charge is 2.66. The van der Waals surface area contributed by atoms with Crippen LogP contribution in [0.5, 0.6) is 0 Å². The highest BCUT2D eigenvalue weighted by Crippen LogP contribution is 2.71. The number of piperidine rings is 1. The van der Waals surface area contributed by atoms with E-state index in [0.717, 1.165) is 131 Å². The fraction of sp³-hybridized carbons (Fsp3) is 0.577. The van der Waals surface area contributed by atoms with Crippen LogP contribution in [0.15, 0.2) is 48.8 Å². The number of ether oxygens (including phenoxy) is 2. The van der Waals surface area contributed by atoms with Gasteiger partial charge in [0.15, 0.2) is 0 Å². The van der Waals surface area contributed by atoms with Gasteiger partial charge >= 0.3 is 12.2 Å². The van der Waals surface area contributed by atoms with Crippen molar-refractivity contribution in [3.8, 4) is 33.6 Å². The number of H-pyrrole nitrogens is 2. The second kappa shape index (κ2) is 17.7. The van der Waals surface area contributed by atoms with E-state index in [0.29, 0.717) is 25.2 Å². The number of benzene rings is 2. The molecular weight excluding hydrogens is 847 g/mol. The molecule has 7 atom stereocenters. The number of aromatic amines is 2. The Morgan fingerprint density at radius 2 is 1.06 bits per heavy atom. The summed E-state index contributed by atoms with van der Waals surface area (Å²) in [6.07, 6.45) is 18.6. The molecule has 67 heavy (non-hydrogen) atoms. The maximum atomic E-state index is 14.3. The lowest BCUT2D eigenvalue weighted by molar-refractivity contribution is -0.177. The van der Waals surface area contributed by atoms with E-state index in [4.69, 9.17) is 19.4 Å². The number of aromatic nitrogens is 4. The molecule has 354 valence electrons. The standard InChI is InChI=1S/C52H65N9O6/c1-52-26-40-42-34(30-18-20-31(21-19-30)36-28-53-46(55-36)38-16-10-24-59(38)48(62)44(57-50(64)66-2)32-12-6-4-7-13-32)22-23-35(43(42)41(27-52)61(40)52)37-29-54-47(56-37)39-17-11-25-60(39)49(63)45(58-51(65)67-3)33-14-8-5-9-15-33/h18-23,28-29,32-33,38-41,44-45H,4-17,24-27H2,1-3H3,(H,53,55)(H,54,56)(H,57,64)(H,58,65)/t38-,39+,40?,41?,44+,45+,52?/m1/s1. The van der Waals surface area contributed by atoms with Crippen molar-refractivity contribution in [1.29, 1.82) is 0 Å². The van der Waals surface area contributed by atoms with Crippen LogP contribution >= 0.6 is 0 Å². The fourth-order valence-electron chi connectivity index (χ4n) is 13.6. The summed E-state index contributed by atoms with van der Waals surface area (Å²) in [6.45, 7) is 3.65. The second-order valence-electron chi connectivity index (χ2n) is 20.7. The average molecular weight is 912 g/mol. The van der Waals surface area contributed by atoms with Crippen LogP contribution < -0.4 is 10.6 Å². The molecule has 4 aromatic rings. The van der Waals surface area contributed by atoms with Crippen LogP contribution in [-0.2, 0) is 19.1 Å². The number of hydrogen-bond donors (Lipinski definition) is 4. The molecule has 6 fully saturated rings. The van der Waals surface area contributed by atoms with Gasteiger partial charge in [0.1, 0.15) is 23.7 Å². The maximum absolute atomic E-state index is 14.3. The number of imidazole rings is 2. The number of rotatable bonds is 11. The van der Waals surface area contributed by atoms with Gasteiger partial charge in [0.2, 0.25) is 11.8 Å².